The molecule has 3 unspecified atom stereocenters. The summed E-state index contributed by atoms with van der Waals surface area (Å²) in [4.78, 5) is 13.6. The topological polar surface area (TPSA) is 60.0 Å². The number of carbonyl (C=O) groups excluding carboxylic acids is 1. The molecule has 2 aromatic carbocycles. The van der Waals surface area contributed by atoms with Crippen molar-refractivity contribution < 1.29 is 19.0 Å². The number of ether oxygens (including phenoxy) is 3. The zero-order valence-electron chi connectivity index (χ0n) is 17.7. The van der Waals surface area contributed by atoms with Crippen molar-refractivity contribution in [3.05, 3.63) is 54.1 Å². The lowest BCUT2D eigenvalue weighted by Crippen LogP contribution is -2.24. The Morgan fingerprint density at radius 2 is 1.70 bits per heavy atom. The number of rotatable bonds is 7. The van der Waals surface area contributed by atoms with Gasteiger partial charge in [0.1, 0.15) is 23.7 Å². The molecule has 2 saturated heterocycles. The van der Waals surface area contributed by atoms with Gasteiger partial charge in [0.2, 0.25) is 5.91 Å². The highest BCUT2D eigenvalue weighted by molar-refractivity contribution is 5.73. The number of benzene rings is 2. The van der Waals surface area contributed by atoms with Gasteiger partial charge in [0.15, 0.2) is 0 Å². The first kappa shape index (κ1) is 20.5. The molecule has 2 aliphatic heterocycles. The minimum Gasteiger partial charge on any atom is -0.489 e. The van der Waals surface area contributed by atoms with E-state index in [-0.39, 0.29) is 24.2 Å². The van der Waals surface area contributed by atoms with Crippen LogP contribution in [0.4, 0.5) is 5.69 Å². The van der Waals surface area contributed by atoms with E-state index in [9.17, 15) is 4.79 Å². The van der Waals surface area contributed by atoms with E-state index in [0.717, 1.165) is 49.6 Å². The number of hydrogen-bond donors (Lipinski definition) is 1. The van der Waals surface area contributed by atoms with Crippen molar-refractivity contribution >= 4 is 11.6 Å². The van der Waals surface area contributed by atoms with E-state index in [1.165, 1.54) is 12.6 Å². The fourth-order valence-electron chi connectivity index (χ4n) is 4.01. The Morgan fingerprint density at radius 1 is 1.03 bits per heavy atom. The highest BCUT2D eigenvalue weighted by Crippen LogP contribution is 2.27. The van der Waals surface area contributed by atoms with Gasteiger partial charge in [0, 0.05) is 32.0 Å². The third kappa shape index (κ3) is 5.25. The first-order chi connectivity index (χ1) is 14.6. The van der Waals surface area contributed by atoms with Gasteiger partial charge in [0.25, 0.3) is 0 Å². The number of nitrogens with zero attached hydrogens (tertiary/aromatic N) is 1. The second kappa shape index (κ2) is 9.39. The largest absolute Gasteiger partial charge is 0.489 e. The van der Waals surface area contributed by atoms with Crippen LogP contribution in [0, 0.1) is 0 Å². The number of anilines is 1. The van der Waals surface area contributed by atoms with E-state index in [4.69, 9.17) is 14.2 Å². The molecule has 6 heteroatoms. The fraction of sp³-hybridized carbons (Fsp3) is 0.458. The molecule has 0 aromatic heterocycles. The lowest BCUT2D eigenvalue weighted by atomic mass is 10.1. The predicted molar refractivity (Wildman–Crippen MR) is 116 cm³/mol. The minimum atomic E-state index is -0.0268. The second-order valence-electron chi connectivity index (χ2n) is 8.06. The van der Waals surface area contributed by atoms with Gasteiger partial charge in [-0.05, 0) is 48.9 Å². The van der Waals surface area contributed by atoms with Crippen LogP contribution in [0.1, 0.15) is 38.3 Å². The van der Waals surface area contributed by atoms with Crippen molar-refractivity contribution in [1.29, 1.82) is 0 Å². The van der Waals surface area contributed by atoms with E-state index in [1.54, 1.807) is 0 Å². The Balaban J connectivity index is 1.28. The lowest BCUT2D eigenvalue weighted by molar-refractivity contribution is -0.119. The van der Waals surface area contributed by atoms with Gasteiger partial charge in [-0.15, -0.1) is 0 Å². The molecule has 2 heterocycles. The standard InChI is InChI=1S/C24H30N2O4/c1-17(25-18(2)27)19-3-7-21(8-4-19)29-23-11-13-26(15-23)20-5-9-22(10-6-20)30-24-12-14-28-16-24/h3-10,17,23-24H,11-16H2,1-2H3,(H,25,27). The quantitative estimate of drug-likeness (QED) is 0.754. The molecule has 2 aromatic rings. The van der Waals surface area contributed by atoms with Crippen LogP contribution in [0.2, 0.25) is 0 Å². The molecule has 2 aliphatic rings. The van der Waals surface area contributed by atoms with Crippen molar-refractivity contribution in [3.8, 4) is 11.5 Å². The molecule has 0 bridgehead atoms. The van der Waals surface area contributed by atoms with Gasteiger partial charge in [0.05, 0.1) is 25.8 Å². The minimum absolute atomic E-state index is 0.00771. The Kier molecular flexibility index (Phi) is 6.43. The second-order valence-corrected chi connectivity index (χ2v) is 8.06. The summed E-state index contributed by atoms with van der Waals surface area (Å²) in [5.41, 5.74) is 2.26. The first-order valence-electron chi connectivity index (χ1n) is 10.7. The maximum atomic E-state index is 11.2. The van der Waals surface area contributed by atoms with Gasteiger partial charge in [-0.1, -0.05) is 12.1 Å². The van der Waals surface area contributed by atoms with Gasteiger partial charge >= 0.3 is 0 Å². The summed E-state index contributed by atoms with van der Waals surface area (Å²) in [6.45, 7) is 6.81. The average molecular weight is 411 g/mol. The van der Waals surface area contributed by atoms with Crippen molar-refractivity contribution in [3.63, 3.8) is 0 Å². The Bertz CT molecular complexity index is 831. The molecule has 4 rings (SSSR count). The zero-order valence-corrected chi connectivity index (χ0v) is 17.7. The Labute approximate surface area is 178 Å². The molecule has 160 valence electrons. The predicted octanol–water partition coefficient (Wildman–Crippen LogP) is 3.71. The molecule has 30 heavy (non-hydrogen) atoms. The third-order valence-electron chi connectivity index (χ3n) is 5.64. The molecular weight excluding hydrogens is 380 g/mol. The van der Waals surface area contributed by atoms with Crippen LogP contribution in [-0.2, 0) is 9.53 Å². The fourth-order valence-corrected chi connectivity index (χ4v) is 4.01. The van der Waals surface area contributed by atoms with Crippen LogP contribution in [-0.4, -0.2) is 44.4 Å². The average Bonchev–Trinajstić information content (AvgIpc) is 3.41. The SMILES string of the molecule is CC(=O)NC(C)c1ccc(OC2CCN(c3ccc(OC4CCOC4)cc3)C2)cc1. The van der Waals surface area contributed by atoms with Crippen molar-refractivity contribution in [2.75, 3.05) is 31.2 Å². The number of nitrogens with one attached hydrogen (secondary N) is 1. The van der Waals surface area contributed by atoms with E-state index in [1.807, 2.05) is 43.3 Å². The molecule has 6 nitrogen and oxygen atoms in total. The Hall–Kier alpha value is -2.73. The highest BCUT2D eigenvalue weighted by atomic mass is 16.5. The van der Waals surface area contributed by atoms with E-state index in [2.05, 4.69) is 22.3 Å². The van der Waals surface area contributed by atoms with E-state index >= 15 is 0 Å². The molecule has 2 fully saturated rings. The third-order valence-corrected chi connectivity index (χ3v) is 5.64. The van der Waals surface area contributed by atoms with Crippen molar-refractivity contribution in [2.45, 2.75) is 44.9 Å². The molecule has 1 N–H and O–H groups in total. The maximum absolute atomic E-state index is 11.2. The summed E-state index contributed by atoms with van der Waals surface area (Å²) < 4.78 is 17.5. The van der Waals surface area contributed by atoms with Crippen molar-refractivity contribution in [1.82, 2.24) is 5.32 Å². The van der Waals surface area contributed by atoms with E-state index in [0.29, 0.717) is 6.61 Å². The molecule has 0 aliphatic carbocycles. The normalized spacial score (nSPS) is 22.0. The van der Waals surface area contributed by atoms with Crippen LogP contribution in [0.15, 0.2) is 48.5 Å². The molecule has 0 saturated carbocycles. The van der Waals surface area contributed by atoms with Gasteiger partial charge < -0.3 is 24.4 Å². The van der Waals surface area contributed by atoms with Gasteiger partial charge in [-0.25, -0.2) is 0 Å². The van der Waals surface area contributed by atoms with Crippen LogP contribution in [0.3, 0.4) is 0 Å². The highest BCUT2D eigenvalue weighted by Gasteiger charge is 2.24. The first-order valence-corrected chi connectivity index (χ1v) is 10.7. The monoisotopic (exact) mass is 410 g/mol. The maximum Gasteiger partial charge on any atom is 0.217 e. The molecule has 3 atom stereocenters. The van der Waals surface area contributed by atoms with Crippen LogP contribution < -0.4 is 19.7 Å². The van der Waals surface area contributed by atoms with Gasteiger partial charge in [-0.3, -0.25) is 4.79 Å². The lowest BCUT2D eigenvalue weighted by Gasteiger charge is -2.20. The number of carbonyl (C=O) groups is 1. The summed E-state index contributed by atoms with van der Waals surface area (Å²) in [6, 6.07) is 16.3. The zero-order chi connectivity index (χ0) is 20.9. The van der Waals surface area contributed by atoms with Crippen LogP contribution in [0.5, 0.6) is 11.5 Å². The molecule has 0 radical (unpaired) electrons. The molecule has 1 amide bonds. The smallest absolute Gasteiger partial charge is 0.217 e. The number of hydrogen-bond acceptors (Lipinski definition) is 5. The molecular formula is C24H30N2O4. The molecule has 0 spiro atoms. The summed E-state index contributed by atoms with van der Waals surface area (Å²) in [5.74, 6) is 1.74. The van der Waals surface area contributed by atoms with E-state index < -0.39 is 0 Å². The Morgan fingerprint density at radius 3 is 2.33 bits per heavy atom. The van der Waals surface area contributed by atoms with Gasteiger partial charge in [-0.2, -0.15) is 0 Å². The number of amides is 1. The summed E-state index contributed by atoms with van der Waals surface area (Å²) in [6.07, 6.45) is 2.28. The van der Waals surface area contributed by atoms with Crippen molar-refractivity contribution in [2.24, 2.45) is 0 Å². The van der Waals surface area contributed by atoms with Crippen LogP contribution in [0.25, 0.3) is 0 Å². The summed E-state index contributed by atoms with van der Waals surface area (Å²) in [5, 5.41) is 2.90. The summed E-state index contributed by atoms with van der Waals surface area (Å²) in [7, 11) is 0. The summed E-state index contributed by atoms with van der Waals surface area (Å²) >= 11 is 0. The van der Waals surface area contributed by atoms with Crippen LogP contribution >= 0.6 is 0 Å².